The van der Waals surface area contributed by atoms with Crippen LogP contribution in [0.25, 0.3) is 0 Å². The summed E-state index contributed by atoms with van der Waals surface area (Å²) < 4.78 is 1.78. The first kappa shape index (κ1) is 16.2. The molecule has 0 aliphatic carbocycles. The van der Waals surface area contributed by atoms with Crippen molar-refractivity contribution in [2.75, 3.05) is 6.54 Å². The van der Waals surface area contributed by atoms with E-state index in [1.807, 2.05) is 39.0 Å². The van der Waals surface area contributed by atoms with E-state index in [1.54, 1.807) is 10.7 Å². The summed E-state index contributed by atoms with van der Waals surface area (Å²) in [6.45, 7) is 6.21. The van der Waals surface area contributed by atoms with Gasteiger partial charge in [-0.2, -0.15) is 5.10 Å². The van der Waals surface area contributed by atoms with E-state index in [-0.39, 0.29) is 11.9 Å². The Labute approximate surface area is 140 Å². The molecule has 0 unspecified atom stereocenters. The van der Waals surface area contributed by atoms with Gasteiger partial charge < -0.3 is 10.0 Å². The van der Waals surface area contributed by atoms with Crippen LogP contribution in [0.4, 0.5) is 0 Å². The van der Waals surface area contributed by atoms with Crippen molar-refractivity contribution >= 4 is 11.9 Å². The largest absolute Gasteiger partial charge is 0.479 e. The predicted octanol–water partition coefficient (Wildman–Crippen LogP) is 2.60. The van der Waals surface area contributed by atoms with Crippen molar-refractivity contribution in [3.05, 3.63) is 52.8 Å². The second-order valence-corrected chi connectivity index (χ2v) is 6.37. The molecule has 126 valence electrons. The third-order valence-corrected chi connectivity index (χ3v) is 4.54. The van der Waals surface area contributed by atoms with E-state index in [2.05, 4.69) is 5.10 Å². The number of hydrogen-bond acceptors (Lipinski definition) is 3. The van der Waals surface area contributed by atoms with Gasteiger partial charge in [-0.25, -0.2) is 4.79 Å². The molecular formula is C18H21N3O3. The highest BCUT2D eigenvalue weighted by molar-refractivity contribution is 5.98. The fourth-order valence-corrected chi connectivity index (χ4v) is 3.36. The van der Waals surface area contributed by atoms with E-state index in [0.717, 1.165) is 11.3 Å². The first-order valence-corrected chi connectivity index (χ1v) is 8.07. The molecule has 3 rings (SSSR count). The standard InChI is InChI=1S/C18H21N3O3/c1-11(2)21-12(3)15(10-19-21)17(22)20-9-8-13-6-4-5-7-14(13)16(20)18(23)24/h4-7,10-11,16H,8-9H2,1-3H3,(H,23,24)/t16-/m0/s1. The summed E-state index contributed by atoms with van der Waals surface area (Å²) in [6.07, 6.45) is 2.19. The second-order valence-electron chi connectivity index (χ2n) is 6.37. The van der Waals surface area contributed by atoms with Crippen LogP contribution in [-0.2, 0) is 11.2 Å². The molecule has 1 aromatic carbocycles. The molecule has 2 aromatic rings. The average Bonchev–Trinajstić information content (AvgIpc) is 2.94. The number of carbonyl (C=O) groups is 2. The molecule has 6 nitrogen and oxygen atoms in total. The molecule has 1 aliphatic rings. The number of benzene rings is 1. The van der Waals surface area contributed by atoms with Crippen LogP contribution in [0.3, 0.4) is 0 Å². The number of fused-ring (bicyclic) bond motifs is 1. The van der Waals surface area contributed by atoms with Crippen molar-refractivity contribution < 1.29 is 14.7 Å². The zero-order valence-corrected chi connectivity index (χ0v) is 14.1. The van der Waals surface area contributed by atoms with Crippen LogP contribution in [-0.4, -0.2) is 38.2 Å². The number of hydrogen-bond donors (Lipinski definition) is 1. The minimum absolute atomic E-state index is 0.143. The van der Waals surface area contributed by atoms with Gasteiger partial charge in [0.1, 0.15) is 0 Å². The molecule has 0 spiro atoms. The first-order chi connectivity index (χ1) is 11.4. The fraction of sp³-hybridized carbons (Fsp3) is 0.389. The fourth-order valence-electron chi connectivity index (χ4n) is 3.36. The third kappa shape index (κ3) is 2.58. The van der Waals surface area contributed by atoms with Gasteiger partial charge in [-0.05, 0) is 38.3 Å². The summed E-state index contributed by atoms with van der Waals surface area (Å²) in [4.78, 5) is 26.3. The predicted molar refractivity (Wildman–Crippen MR) is 88.9 cm³/mol. The Morgan fingerprint density at radius 3 is 2.62 bits per heavy atom. The van der Waals surface area contributed by atoms with Crippen LogP contribution in [0.2, 0.25) is 0 Å². The normalized spacial score (nSPS) is 17.0. The highest BCUT2D eigenvalue weighted by Gasteiger charge is 2.37. The smallest absolute Gasteiger partial charge is 0.331 e. The molecule has 1 aromatic heterocycles. The van der Waals surface area contributed by atoms with Crippen LogP contribution in [0, 0.1) is 6.92 Å². The van der Waals surface area contributed by atoms with Gasteiger partial charge >= 0.3 is 5.97 Å². The number of carboxylic acid groups (broad SMARTS) is 1. The van der Waals surface area contributed by atoms with Crippen LogP contribution in [0.1, 0.15) is 53.1 Å². The van der Waals surface area contributed by atoms with Gasteiger partial charge in [0, 0.05) is 18.3 Å². The number of carbonyl (C=O) groups excluding carboxylic acids is 1. The molecule has 2 heterocycles. The Hall–Kier alpha value is -2.63. The molecule has 6 heteroatoms. The van der Waals surface area contributed by atoms with E-state index in [1.165, 1.54) is 11.1 Å². The summed E-state index contributed by atoms with van der Waals surface area (Å²) >= 11 is 0. The molecule has 1 N–H and O–H groups in total. The van der Waals surface area contributed by atoms with Crippen LogP contribution >= 0.6 is 0 Å². The van der Waals surface area contributed by atoms with Gasteiger partial charge in [0.25, 0.3) is 5.91 Å². The first-order valence-electron chi connectivity index (χ1n) is 8.07. The van der Waals surface area contributed by atoms with Crippen molar-refractivity contribution in [1.82, 2.24) is 14.7 Å². The Kier molecular flexibility index (Phi) is 4.13. The number of amides is 1. The summed E-state index contributed by atoms with van der Waals surface area (Å²) in [5, 5.41) is 14.0. The molecule has 0 saturated heterocycles. The lowest BCUT2D eigenvalue weighted by atomic mass is 9.92. The lowest BCUT2D eigenvalue weighted by molar-refractivity contribution is -0.143. The van der Waals surface area contributed by atoms with E-state index in [4.69, 9.17) is 0 Å². The molecule has 24 heavy (non-hydrogen) atoms. The minimum Gasteiger partial charge on any atom is -0.479 e. The zero-order chi connectivity index (χ0) is 17.4. The Morgan fingerprint density at radius 2 is 2.00 bits per heavy atom. The van der Waals surface area contributed by atoms with Gasteiger partial charge in [-0.15, -0.1) is 0 Å². The third-order valence-electron chi connectivity index (χ3n) is 4.54. The van der Waals surface area contributed by atoms with Crippen molar-refractivity contribution in [3.63, 3.8) is 0 Å². The van der Waals surface area contributed by atoms with E-state index >= 15 is 0 Å². The lowest BCUT2D eigenvalue weighted by Gasteiger charge is -2.34. The maximum Gasteiger partial charge on any atom is 0.331 e. The van der Waals surface area contributed by atoms with Gasteiger partial charge in [-0.1, -0.05) is 24.3 Å². The van der Waals surface area contributed by atoms with Gasteiger partial charge in [0.2, 0.25) is 0 Å². The van der Waals surface area contributed by atoms with E-state index in [0.29, 0.717) is 24.1 Å². The minimum atomic E-state index is -1.01. The monoisotopic (exact) mass is 327 g/mol. The lowest BCUT2D eigenvalue weighted by Crippen LogP contribution is -2.43. The molecular weight excluding hydrogens is 306 g/mol. The van der Waals surface area contributed by atoms with Crippen molar-refractivity contribution in [2.24, 2.45) is 0 Å². The number of nitrogens with zero attached hydrogens (tertiary/aromatic N) is 3. The van der Waals surface area contributed by atoms with E-state index < -0.39 is 12.0 Å². The summed E-state index contributed by atoms with van der Waals surface area (Å²) in [5.74, 6) is -1.29. The quantitative estimate of drug-likeness (QED) is 0.940. The van der Waals surface area contributed by atoms with Crippen LogP contribution in [0.15, 0.2) is 30.5 Å². The Balaban J connectivity index is 2.00. The maximum absolute atomic E-state index is 13.0. The van der Waals surface area contributed by atoms with Crippen molar-refractivity contribution in [2.45, 2.75) is 39.3 Å². The van der Waals surface area contributed by atoms with Gasteiger partial charge in [0.15, 0.2) is 6.04 Å². The average molecular weight is 327 g/mol. The van der Waals surface area contributed by atoms with Crippen LogP contribution < -0.4 is 0 Å². The number of aliphatic carboxylic acids is 1. The van der Waals surface area contributed by atoms with Gasteiger partial charge in [-0.3, -0.25) is 9.48 Å². The molecule has 1 atom stereocenters. The van der Waals surface area contributed by atoms with Gasteiger partial charge in [0.05, 0.1) is 11.8 Å². The summed E-state index contributed by atoms with van der Waals surface area (Å²) in [5.41, 5.74) is 2.91. The maximum atomic E-state index is 13.0. The molecule has 1 aliphatic heterocycles. The Morgan fingerprint density at radius 1 is 1.29 bits per heavy atom. The number of carboxylic acids is 1. The Bertz CT molecular complexity index is 795. The topological polar surface area (TPSA) is 75.4 Å². The van der Waals surface area contributed by atoms with Crippen molar-refractivity contribution in [1.29, 1.82) is 0 Å². The molecule has 0 bridgehead atoms. The van der Waals surface area contributed by atoms with Crippen molar-refractivity contribution in [3.8, 4) is 0 Å². The number of rotatable bonds is 3. The summed E-state index contributed by atoms with van der Waals surface area (Å²) in [6, 6.07) is 6.61. The highest BCUT2D eigenvalue weighted by atomic mass is 16.4. The summed E-state index contributed by atoms with van der Waals surface area (Å²) in [7, 11) is 0. The molecule has 0 saturated carbocycles. The molecule has 1 amide bonds. The van der Waals surface area contributed by atoms with E-state index in [9.17, 15) is 14.7 Å². The van der Waals surface area contributed by atoms with Crippen LogP contribution in [0.5, 0.6) is 0 Å². The number of aromatic nitrogens is 2. The SMILES string of the molecule is Cc1c(C(=O)N2CCc3ccccc3[C@H]2C(=O)O)cnn1C(C)C. The second kappa shape index (κ2) is 6.11. The molecule has 0 radical (unpaired) electrons. The molecule has 0 fully saturated rings. The zero-order valence-electron chi connectivity index (χ0n) is 14.1. The highest BCUT2D eigenvalue weighted by Crippen LogP contribution is 2.31.